The molecule has 0 aromatic heterocycles. The number of hydrogen-bond donors (Lipinski definition) is 1. The van der Waals surface area contributed by atoms with Crippen LogP contribution in [0.1, 0.15) is 39.5 Å². The molecule has 2 heteroatoms. The molecule has 0 heterocycles. The van der Waals surface area contributed by atoms with Gasteiger partial charge in [-0.3, -0.25) is 4.79 Å². The Bertz CT molecular complexity index is 386. The summed E-state index contributed by atoms with van der Waals surface area (Å²) in [7, 11) is 0. The van der Waals surface area contributed by atoms with Gasteiger partial charge in [-0.1, -0.05) is 19.9 Å². The Morgan fingerprint density at radius 1 is 1.56 bits per heavy atom. The highest BCUT2D eigenvalue weighted by Crippen LogP contribution is 2.84. The number of rotatable bonds is 3. The number of aliphatic hydroxyl groups is 1. The fourth-order valence-corrected chi connectivity index (χ4v) is 4.97. The molecule has 5 atom stereocenters. The molecule has 3 rings (SSSR count). The number of allylic oxidation sites excluding steroid dienone is 1. The molecule has 0 saturated heterocycles. The van der Waals surface area contributed by atoms with Crippen LogP contribution in [0, 0.1) is 22.7 Å². The van der Waals surface area contributed by atoms with E-state index in [1.54, 1.807) is 0 Å². The highest BCUT2D eigenvalue weighted by molar-refractivity contribution is 5.91. The summed E-state index contributed by atoms with van der Waals surface area (Å²) in [6.07, 6.45) is 4.97. The van der Waals surface area contributed by atoms with Crippen molar-refractivity contribution in [1.82, 2.24) is 0 Å². The van der Waals surface area contributed by atoms with Gasteiger partial charge >= 0.3 is 0 Å². The Labute approximate surface area is 96.7 Å². The van der Waals surface area contributed by atoms with Crippen LogP contribution in [-0.2, 0) is 4.79 Å². The van der Waals surface area contributed by atoms with Gasteiger partial charge < -0.3 is 5.11 Å². The molecular formula is C14H20O2. The zero-order valence-electron chi connectivity index (χ0n) is 10.1. The van der Waals surface area contributed by atoms with Gasteiger partial charge in [0.1, 0.15) is 5.78 Å². The first kappa shape index (κ1) is 10.5. The molecule has 0 radical (unpaired) electrons. The molecular weight excluding hydrogens is 200 g/mol. The van der Waals surface area contributed by atoms with E-state index < -0.39 is 5.60 Å². The number of carbonyl (C=O) groups excluding carboxylic acids is 1. The van der Waals surface area contributed by atoms with Crippen molar-refractivity contribution < 1.29 is 9.90 Å². The summed E-state index contributed by atoms with van der Waals surface area (Å²) in [4.78, 5) is 11.9. The van der Waals surface area contributed by atoms with Crippen molar-refractivity contribution in [3.8, 4) is 0 Å². The van der Waals surface area contributed by atoms with Gasteiger partial charge in [-0.2, -0.15) is 0 Å². The minimum Gasteiger partial charge on any atom is -0.390 e. The summed E-state index contributed by atoms with van der Waals surface area (Å²) < 4.78 is 0. The van der Waals surface area contributed by atoms with Crippen molar-refractivity contribution in [3.05, 3.63) is 12.7 Å². The highest BCUT2D eigenvalue weighted by Gasteiger charge is 2.86. The van der Waals surface area contributed by atoms with E-state index in [1.165, 1.54) is 0 Å². The van der Waals surface area contributed by atoms with Crippen molar-refractivity contribution in [2.24, 2.45) is 22.7 Å². The SMILES string of the molecule is C=CCC[C@@]1(O)C[C@]2(C)CC(=O)[C@H]3[C@@H]1[C@@]32C. The first-order valence-electron chi connectivity index (χ1n) is 6.25. The van der Waals surface area contributed by atoms with E-state index in [-0.39, 0.29) is 22.7 Å². The van der Waals surface area contributed by atoms with Crippen molar-refractivity contribution in [3.63, 3.8) is 0 Å². The molecule has 3 fully saturated rings. The molecule has 3 aliphatic carbocycles. The molecule has 0 aromatic rings. The van der Waals surface area contributed by atoms with E-state index in [9.17, 15) is 9.90 Å². The molecule has 0 aromatic carbocycles. The molecule has 0 aliphatic heterocycles. The minimum absolute atomic E-state index is 0.0509. The first-order valence-corrected chi connectivity index (χ1v) is 6.25. The predicted octanol–water partition coefficient (Wildman–Crippen LogP) is 2.32. The first-order chi connectivity index (χ1) is 7.39. The van der Waals surface area contributed by atoms with Crippen LogP contribution in [0.25, 0.3) is 0 Å². The van der Waals surface area contributed by atoms with Gasteiger partial charge in [0, 0.05) is 18.3 Å². The smallest absolute Gasteiger partial charge is 0.137 e. The number of carbonyl (C=O) groups is 1. The molecule has 0 bridgehead atoms. The van der Waals surface area contributed by atoms with Gasteiger partial charge in [-0.25, -0.2) is 0 Å². The van der Waals surface area contributed by atoms with Crippen LogP contribution in [0.5, 0.6) is 0 Å². The second-order valence-electron chi connectivity index (χ2n) is 6.55. The third-order valence-corrected chi connectivity index (χ3v) is 5.78. The Morgan fingerprint density at radius 3 is 2.75 bits per heavy atom. The number of hydrogen-bond acceptors (Lipinski definition) is 2. The lowest BCUT2D eigenvalue weighted by atomic mass is 9.76. The van der Waals surface area contributed by atoms with Crippen molar-refractivity contribution in [2.75, 3.05) is 0 Å². The monoisotopic (exact) mass is 220 g/mol. The highest BCUT2D eigenvalue weighted by atomic mass is 16.3. The summed E-state index contributed by atoms with van der Waals surface area (Å²) in [6, 6.07) is 0. The van der Waals surface area contributed by atoms with E-state index in [4.69, 9.17) is 0 Å². The Morgan fingerprint density at radius 2 is 2.25 bits per heavy atom. The summed E-state index contributed by atoms with van der Waals surface area (Å²) in [5.74, 6) is 0.775. The number of fused-ring (bicyclic) bond motifs is 1. The number of ketones is 1. The number of Topliss-reactive ketones (excluding diaryl/α,β-unsaturated/α-hetero) is 1. The largest absolute Gasteiger partial charge is 0.390 e. The average molecular weight is 220 g/mol. The molecule has 0 spiro atoms. The third-order valence-electron chi connectivity index (χ3n) is 5.78. The Balaban J connectivity index is 1.95. The maximum Gasteiger partial charge on any atom is 0.137 e. The minimum atomic E-state index is -0.603. The lowest BCUT2D eigenvalue weighted by Crippen LogP contribution is -2.31. The van der Waals surface area contributed by atoms with E-state index >= 15 is 0 Å². The quantitative estimate of drug-likeness (QED) is 0.741. The zero-order valence-corrected chi connectivity index (χ0v) is 10.1. The van der Waals surface area contributed by atoms with Crippen LogP contribution >= 0.6 is 0 Å². The summed E-state index contributed by atoms with van der Waals surface area (Å²) >= 11 is 0. The summed E-state index contributed by atoms with van der Waals surface area (Å²) in [5.41, 5.74) is -0.455. The van der Waals surface area contributed by atoms with Crippen LogP contribution in [0.2, 0.25) is 0 Å². The van der Waals surface area contributed by atoms with Gasteiger partial charge in [0.05, 0.1) is 5.60 Å². The molecule has 16 heavy (non-hydrogen) atoms. The van der Waals surface area contributed by atoms with Crippen LogP contribution in [0.15, 0.2) is 12.7 Å². The topological polar surface area (TPSA) is 37.3 Å². The van der Waals surface area contributed by atoms with Gasteiger partial charge in [0.2, 0.25) is 0 Å². The van der Waals surface area contributed by atoms with Gasteiger partial charge in [-0.05, 0) is 30.1 Å². The molecule has 2 nitrogen and oxygen atoms in total. The maximum absolute atomic E-state index is 11.9. The lowest BCUT2D eigenvalue weighted by Gasteiger charge is -2.30. The molecule has 0 amide bonds. The summed E-state index contributed by atoms with van der Waals surface area (Å²) in [5, 5.41) is 10.8. The fraction of sp³-hybridized carbons (Fsp3) is 0.786. The van der Waals surface area contributed by atoms with Gasteiger partial charge in [0.25, 0.3) is 0 Å². The fourth-order valence-electron chi connectivity index (χ4n) is 4.97. The summed E-state index contributed by atoms with van der Waals surface area (Å²) in [6.45, 7) is 8.12. The van der Waals surface area contributed by atoms with Crippen molar-refractivity contribution >= 4 is 5.78 Å². The average Bonchev–Trinajstić information content (AvgIpc) is 2.76. The standard InChI is InChI=1S/C14H20O2/c1-4-5-6-14(16)8-12(2)7-9(15)10-11(14)13(10,12)3/h4,10-11,16H,1,5-8H2,2-3H3/t10-,11+,12-,13+,14+/m0/s1. The van der Waals surface area contributed by atoms with Gasteiger partial charge in [-0.15, -0.1) is 6.58 Å². The van der Waals surface area contributed by atoms with Crippen LogP contribution in [0.3, 0.4) is 0 Å². The third kappa shape index (κ3) is 0.874. The Hall–Kier alpha value is -0.630. The molecule has 3 aliphatic rings. The van der Waals surface area contributed by atoms with Gasteiger partial charge in [0.15, 0.2) is 0 Å². The molecule has 1 N–H and O–H groups in total. The second-order valence-corrected chi connectivity index (χ2v) is 6.55. The van der Waals surface area contributed by atoms with Crippen LogP contribution in [-0.4, -0.2) is 16.5 Å². The normalized spacial score (nSPS) is 57.6. The second kappa shape index (κ2) is 2.61. The zero-order chi connectivity index (χ0) is 11.8. The van der Waals surface area contributed by atoms with Crippen LogP contribution in [0.4, 0.5) is 0 Å². The lowest BCUT2D eigenvalue weighted by molar-refractivity contribution is -0.120. The molecule has 88 valence electrons. The van der Waals surface area contributed by atoms with E-state index in [0.29, 0.717) is 12.2 Å². The van der Waals surface area contributed by atoms with E-state index in [0.717, 1.165) is 19.3 Å². The van der Waals surface area contributed by atoms with E-state index in [2.05, 4.69) is 20.4 Å². The Kier molecular flexibility index (Phi) is 1.72. The predicted molar refractivity (Wildman–Crippen MR) is 61.8 cm³/mol. The van der Waals surface area contributed by atoms with Crippen molar-refractivity contribution in [2.45, 2.75) is 45.1 Å². The van der Waals surface area contributed by atoms with Crippen LogP contribution < -0.4 is 0 Å². The molecule has 3 saturated carbocycles. The molecule has 0 unspecified atom stereocenters. The maximum atomic E-state index is 11.9. The van der Waals surface area contributed by atoms with E-state index in [1.807, 2.05) is 6.08 Å². The van der Waals surface area contributed by atoms with Crippen molar-refractivity contribution in [1.29, 1.82) is 0 Å².